The maximum atomic E-state index is 12.0. The Bertz CT molecular complexity index is 471. The molecular weight excluding hydrogens is 263 g/mol. The zero-order chi connectivity index (χ0) is 14.6. The molecule has 104 valence electrons. The molecule has 8 heteroatoms. The first-order valence-electron chi connectivity index (χ1n) is 5.29. The van der Waals surface area contributed by atoms with Gasteiger partial charge in [0.05, 0.1) is 12.0 Å². The molecule has 1 heterocycles. The quantitative estimate of drug-likeness (QED) is 0.897. The third-order valence-electron chi connectivity index (χ3n) is 2.34. The average Bonchev–Trinajstić information content (AvgIpc) is 2.34. The predicted octanol–water partition coefficient (Wildman–Crippen LogP) is 1.20. The van der Waals surface area contributed by atoms with E-state index in [0.29, 0.717) is 0 Å². The minimum absolute atomic E-state index is 0.0466. The van der Waals surface area contributed by atoms with E-state index in [0.717, 1.165) is 11.1 Å². The Labute approximate surface area is 107 Å². The normalized spacial score (nSPS) is 11.2. The van der Waals surface area contributed by atoms with Crippen molar-refractivity contribution >= 4 is 11.8 Å². The molecule has 0 aromatic carbocycles. The van der Waals surface area contributed by atoms with Crippen LogP contribution in [0.4, 0.5) is 13.2 Å². The fourth-order valence-electron chi connectivity index (χ4n) is 1.26. The maximum Gasteiger partial charge on any atom is 0.390 e. The molecule has 5 nitrogen and oxygen atoms in total. The number of nitrogens with zero attached hydrogens (tertiary/aromatic N) is 2. The molecule has 0 atom stereocenters. The molecule has 2 amide bonds. The van der Waals surface area contributed by atoms with E-state index in [1.165, 1.54) is 19.2 Å². The summed E-state index contributed by atoms with van der Waals surface area (Å²) < 4.78 is 36.1. The summed E-state index contributed by atoms with van der Waals surface area (Å²) in [5, 5.41) is 0. The molecule has 0 bridgehead atoms. The van der Waals surface area contributed by atoms with Crippen molar-refractivity contribution in [3.05, 3.63) is 29.6 Å². The number of primary amides is 1. The fraction of sp³-hybridized carbons (Fsp3) is 0.364. The standard InChI is InChI=1S/C11H12F3N3O2/c1-17(5-4-11(12,13)14)10(19)8-3-2-7(6-16-8)9(15)18/h2-3,6H,4-5H2,1H3,(H2,15,18). The lowest BCUT2D eigenvalue weighted by atomic mass is 10.2. The van der Waals surface area contributed by atoms with Crippen LogP contribution in [-0.4, -0.2) is 41.5 Å². The minimum Gasteiger partial charge on any atom is -0.366 e. The van der Waals surface area contributed by atoms with Crippen molar-refractivity contribution < 1.29 is 22.8 Å². The molecule has 0 aliphatic heterocycles. The van der Waals surface area contributed by atoms with E-state index in [2.05, 4.69) is 4.98 Å². The number of carbonyl (C=O) groups excluding carboxylic acids is 2. The van der Waals surface area contributed by atoms with Crippen LogP contribution in [0.5, 0.6) is 0 Å². The predicted molar refractivity (Wildman–Crippen MR) is 60.4 cm³/mol. The third-order valence-corrected chi connectivity index (χ3v) is 2.34. The van der Waals surface area contributed by atoms with Gasteiger partial charge in [0.25, 0.3) is 5.91 Å². The summed E-state index contributed by atoms with van der Waals surface area (Å²) in [5.74, 6) is -1.35. The lowest BCUT2D eigenvalue weighted by Crippen LogP contribution is -2.31. The summed E-state index contributed by atoms with van der Waals surface area (Å²) in [7, 11) is 1.25. The van der Waals surface area contributed by atoms with Gasteiger partial charge in [-0.25, -0.2) is 0 Å². The highest BCUT2D eigenvalue weighted by molar-refractivity contribution is 5.95. The highest BCUT2D eigenvalue weighted by atomic mass is 19.4. The monoisotopic (exact) mass is 275 g/mol. The Balaban J connectivity index is 2.69. The molecule has 1 aromatic rings. The maximum absolute atomic E-state index is 12.0. The molecule has 1 aromatic heterocycles. The van der Waals surface area contributed by atoms with Crippen molar-refractivity contribution in [2.75, 3.05) is 13.6 Å². The Hall–Kier alpha value is -2.12. The first kappa shape index (κ1) is 14.9. The average molecular weight is 275 g/mol. The van der Waals surface area contributed by atoms with Crippen molar-refractivity contribution in [3.63, 3.8) is 0 Å². The van der Waals surface area contributed by atoms with Gasteiger partial charge in [-0.3, -0.25) is 14.6 Å². The SMILES string of the molecule is CN(CCC(F)(F)F)C(=O)c1ccc(C(N)=O)cn1. The summed E-state index contributed by atoms with van der Waals surface area (Å²) >= 11 is 0. The number of amides is 2. The van der Waals surface area contributed by atoms with E-state index in [-0.39, 0.29) is 11.3 Å². The van der Waals surface area contributed by atoms with Gasteiger partial charge in [-0.2, -0.15) is 13.2 Å². The highest BCUT2D eigenvalue weighted by Gasteiger charge is 2.28. The van der Waals surface area contributed by atoms with E-state index in [1.54, 1.807) is 0 Å². The van der Waals surface area contributed by atoms with Gasteiger partial charge in [0.15, 0.2) is 0 Å². The number of rotatable bonds is 4. The van der Waals surface area contributed by atoms with E-state index < -0.39 is 31.0 Å². The van der Waals surface area contributed by atoms with Crippen molar-refractivity contribution in [2.45, 2.75) is 12.6 Å². The second kappa shape index (κ2) is 5.68. The van der Waals surface area contributed by atoms with Crippen LogP contribution >= 0.6 is 0 Å². The van der Waals surface area contributed by atoms with Gasteiger partial charge in [0.2, 0.25) is 5.91 Å². The van der Waals surface area contributed by atoms with Crippen LogP contribution in [0.25, 0.3) is 0 Å². The first-order valence-corrected chi connectivity index (χ1v) is 5.29. The van der Waals surface area contributed by atoms with Crippen LogP contribution < -0.4 is 5.73 Å². The van der Waals surface area contributed by atoms with E-state index in [9.17, 15) is 22.8 Å². The second-order valence-electron chi connectivity index (χ2n) is 3.89. The molecule has 2 N–H and O–H groups in total. The Morgan fingerprint density at radius 1 is 1.37 bits per heavy atom. The van der Waals surface area contributed by atoms with Gasteiger partial charge in [-0.15, -0.1) is 0 Å². The lowest BCUT2D eigenvalue weighted by Gasteiger charge is -2.17. The zero-order valence-electron chi connectivity index (χ0n) is 10.1. The molecule has 0 spiro atoms. The number of hydrogen-bond acceptors (Lipinski definition) is 3. The number of alkyl halides is 3. The Kier molecular flexibility index (Phi) is 4.47. The van der Waals surface area contributed by atoms with Gasteiger partial charge in [-0.1, -0.05) is 0 Å². The summed E-state index contributed by atoms with van der Waals surface area (Å²) in [6, 6.07) is 2.53. The van der Waals surface area contributed by atoms with E-state index in [1.807, 2.05) is 0 Å². The smallest absolute Gasteiger partial charge is 0.366 e. The van der Waals surface area contributed by atoms with Crippen LogP contribution in [0.1, 0.15) is 27.3 Å². The first-order chi connectivity index (χ1) is 8.70. The van der Waals surface area contributed by atoms with Gasteiger partial charge in [0, 0.05) is 19.8 Å². The molecule has 0 saturated heterocycles. The van der Waals surface area contributed by atoms with Gasteiger partial charge in [0.1, 0.15) is 5.69 Å². The van der Waals surface area contributed by atoms with E-state index in [4.69, 9.17) is 5.73 Å². The molecule has 0 fully saturated rings. The summed E-state index contributed by atoms with van der Waals surface area (Å²) in [6.07, 6.45) is -4.31. The fourth-order valence-corrected chi connectivity index (χ4v) is 1.26. The van der Waals surface area contributed by atoms with E-state index >= 15 is 0 Å². The number of carbonyl (C=O) groups is 2. The van der Waals surface area contributed by atoms with Crippen molar-refractivity contribution in [1.29, 1.82) is 0 Å². The van der Waals surface area contributed by atoms with Crippen LogP contribution in [0, 0.1) is 0 Å². The molecule has 0 aliphatic carbocycles. The summed E-state index contributed by atoms with van der Waals surface area (Å²) in [5.41, 5.74) is 5.07. The Morgan fingerprint density at radius 3 is 2.42 bits per heavy atom. The number of pyridine rings is 1. The second-order valence-corrected chi connectivity index (χ2v) is 3.89. The Morgan fingerprint density at radius 2 is 2.00 bits per heavy atom. The molecule has 0 radical (unpaired) electrons. The van der Waals surface area contributed by atoms with Crippen LogP contribution in [0.2, 0.25) is 0 Å². The van der Waals surface area contributed by atoms with Gasteiger partial charge >= 0.3 is 6.18 Å². The van der Waals surface area contributed by atoms with Crippen molar-refractivity contribution in [1.82, 2.24) is 9.88 Å². The number of hydrogen-bond donors (Lipinski definition) is 1. The highest BCUT2D eigenvalue weighted by Crippen LogP contribution is 2.19. The van der Waals surface area contributed by atoms with Crippen molar-refractivity contribution in [2.24, 2.45) is 5.73 Å². The topological polar surface area (TPSA) is 76.3 Å². The van der Waals surface area contributed by atoms with Gasteiger partial charge < -0.3 is 10.6 Å². The summed E-state index contributed by atoms with van der Waals surface area (Å²) in [4.78, 5) is 27.1. The van der Waals surface area contributed by atoms with Crippen molar-refractivity contribution in [3.8, 4) is 0 Å². The van der Waals surface area contributed by atoms with Gasteiger partial charge in [-0.05, 0) is 12.1 Å². The summed E-state index contributed by atoms with van der Waals surface area (Å²) in [6.45, 7) is -0.457. The van der Waals surface area contributed by atoms with Crippen LogP contribution in [-0.2, 0) is 0 Å². The molecule has 0 saturated carbocycles. The third kappa shape index (κ3) is 4.57. The lowest BCUT2D eigenvalue weighted by molar-refractivity contribution is -0.136. The molecule has 1 rings (SSSR count). The molecule has 0 unspecified atom stereocenters. The largest absolute Gasteiger partial charge is 0.390 e. The number of nitrogens with two attached hydrogens (primary N) is 1. The minimum atomic E-state index is -4.32. The van der Waals surface area contributed by atoms with Crippen LogP contribution in [0.15, 0.2) is 18.3 Å². The number of halogens is 3. The molecule has 19 heavy (non-hydrogen) atoms. The molecule has 0 aliphatic rings. The molecular formula is C11H12F3N3O2. The zero-order valence-corrected chi connectivity index (χ0v) is 10.1. The van der Waals surface area contributed by atoms with Crippen LogP contribution in [0.3, 0.4) is 0 Å². The number of aromatic nitrogens is 1.